The molecule has 1 aromatic heterocycles. The lowest BCUT2D eigenvalue weighted by Gasteiger charge is -2.28. The fourth-order valence-electron chi connectivity index (χ4n) is 1.38. The Bertz CT molecular complexity index is 316. The molecule has 0 saturated heterocycles. The van der Waals surface area contributed by atoms with Crippen molar-refractivity contribution in [1.82, 2.24) is 14.9 Å². The highest BCUT2D eigenvalue weighted by molar-refractivity contribution is 6.29. The van der Waals surface area contributed by atoms with E-state index in [-0.39, 0.29) is 5.54 Å². The van der Waals surface area contributed by atoms with Crippen LogP contribution in [0.1, 0.15) is 39.4 Å². The van der Waals surface area contributed by atoms with Crippen LogP contribution in [0.2, 0.25) is 5.15 Å². The summed E-state index contributed by atoms with van der Waals surface area (Å²) in [6.07, 6.45) is 3.91. The van der Waals surface area contributed by atoms with Gasteiger partial charge in [-0.15, -0.1) is 0 Å². The van der Waals surface area contributed by atoms with Gasteiger partial charge in [0.25, 0.3) is 0 Å². The number of nitrogens with one attached hydrogen (secondary N) is 1. The maximum atomic E-state index is 5.92. The van der Waals surface area contributed by atoms with Crippen LogP contribution in [0.5, 0.6) is 0 Å². The number of aromatic nitrogens is 2. The Morgan fingerprint density at radius 1 is 1.47 bits per heavy atom. The summed E-state index contributed by atoms with van der Waals surface area (Å²) in [6.45, 7) is 7.39. The third kappa shape index (κ3) is 2.95. The van der Waals surface area contributed by atoms with Crippen molar-refractivity contribution >= 4 is 11.6 Å². The molecule has 0 unspecified atom stereocenters. The summed E-state index contributed by atoms with van der Waals surface area (Å²) in [5.41, 5.74) is 0.193. The Morgan fingerprint density at radius 3 is 2.47 bits per heavy atom. The van der Waals surface area contributed by atoms with E-state index in [4.69, 9.17) is 11.6 Å². The Labute approximate surface area is 96.8 Å². The first kappa shape index (κ1) is 12.5. The molecular formula is C11H20ClN3. The van der Waals surface area contributed by atoms with E-state index in [1.54, 1.807) is 6.20 Å². The van der Waals surface area contributed by atoms with Crippen LogP contribution in [-0.4, -0.2) is 15.1 Å². The van der Waals surface area contributed by atoms with Crippen molar-refractivity contribution in [2.24, 2.45) is 7.05 Å². The maximum absolute atomic E-state index is 5.92. The van der Waals surface area contributed by atoms with E-state index in [1.165, 1.54) is 0 Å². The topological polar surface area (TPSA) is 29.9 Å². The van der Waals surface area contributed by atoms with Gasteiger partial charge in [-0.3, -0.25) is 0 Å². The van der Waals surface area contributed by atoms with Crippen molar-refractivity contribution in [3.8, 4) is 0 Å². The zero-order chi connectivity index (χ0) is 11.5. The molecule has 4 heteroatoms. The van der Waals surface area contributed by atoms with Crippen molar-refractivity contribution in [2.45, 2.75) is 45.7 Å². The molecule has 0 aromatic carbocycles. The minimum Gasteiger partial charge on any atom is -0.321 e. The standard InChI is InChI=1S/C11H20ClN3/c1-5-11(3,6-2)14-8-10-13-7-9(12)15(10)4/h7,14H,5-6,8H2,1-4H3. The molecule has 1 aromatic rings. The number of halogens is 1. The molecule has 0 atom stereocenters. The lowest BCUT2D eigenvalue weighted by atomic mass is 9.96. The molecule has 1 N–H and O–H groups in total. The highest BCUT2D eigenvalue weighted by Crippen LogP contribution is 2.15. The molecule has 0 aliphatic heterocycles. The molecule has 3 nitrogen and oxygen atoms in total. The lowest BCUT2D eigenvalue weighted by molar-refractivity contribution is 0.324. The molecule has 0 fully saturated rings. The minimum absolute atomic E-state index is 0.193. The van der Waals surface area contributed by atoms with Gasteiger partial charge in [0.1, 0.15) is 11.0 Å². The van der Waals surface area contributed by atoms with E-state index < -0.39 is 0 Å². The molecule has 0 aliphatic carbocycles. The summed E-state index contributed by atoms with van der Waals surface area (Å²) in [5.74, 6) is 0.980. The summed E-state index contributed by atoms with van der Waals surface area (Å²) in [7, 11) is 1.93. The van der Waals surface area contributed by atoms with Gasteiger partial charge in [0.05, 0.1) is 12.7 Å². The molecule has 0 saturated carbocycles. The van der Waals surface area contributed by atoms with E-state index in [2.05, 4.69) is 31.1 Å². The van der Waals surface area contributed by atoms with Gasteiger partial charge >= 0.3 is 0 Å². The predicted molar refractivity (Wildman–Crippen MR) is 64.0 cm³/mol. The van der Waals surface area contributed by atoms with Gasteiger partial charge in [0.2, 0.25) is 0 Å². The number of rotatable bonds is 5. The Kier molecular flexibility index (Phi) is 4.17. The largest absolute Gasteiger partial charge is 0.321 e. The molecule has 0 radical (unpaired) electrons. The van der Waals surface area contributed by atoms with E-state index in [0.29, 0.717) is 5.15 Å². The number of nitrogens with zero attached hydrogens (tertiary/aromatic N) is 2. The first-order valence-electron chi connectivity index (χ1n) is 5.43. The minimum atomic E-state index is 0.193. The summed E-state index contributed by atoms with van der Waals surface area (Å²) in [5, 5.41) is 4.21. The smallest absolute Gasteiger partial charge is 0.128 e. The second-order valence-electron chi connectivity index (χ2n) is 4.18. The van der Waals surface area contributed by atoms with E-state index in [1.807, 2.05) is 11.6 Å². The molecule has 0 bridgehead atoms. The van der Waals surface area contributed by atoms with Crippen LogP contribution in [0.4, 0.5) is 0 Å². The van der Waals surface area contributed by atoms with Crippen LogP contribution in [0, 0.1) is 0 Å². The third-order valence-corrected chi connectivity index (χ3v) is 3.61. The van der Waals surface area contributed by atoms with Gasteiger partial charge in [0, 0.05) is 12.6 Å². The molecule has 1 rings (SSSR count). The van der Waals surface area contributed by atoms with Crippen LogP contribution in [-0.2, 0) is 13.6 Å². The van der Waals surface area contributed by atoms with Crippen LogP contribution in [0.15, 0.2) is 6.20 Å². The summed E-state index contributed by atoms with van der Waals surface area (Å²) >= 11 is 5.92. The summed E-state index contributed by atoms with van der Waals surface area (Å²) in [4.78, 5) is 4.26. The second kappa shape index (κ2) is 4.99. The molecular weight excluding hydrogens is 210 g/mol. The first-order chi connectivity index (χ1) is 7.02. The average Bonchev–Trinajstić information content (AvgIpc) is 2.57. The summed E-state index contributed by atoms with van der Waals surface area (Å²) in [6, 6.07) is 0. The molecule has 1 heterocycles. The Morgan fingerprint density at radius 2 is 2.07 bits per heavy atom. The monoisotopic (exact) mass is 229 g/mol. The fourth-order valence-corrected chi connectivity index (χ4v) is 1.53. The van der Waals surface area contributed by atoms with Crippen molar-refractivity contribution < 1.29 is 0 Å². The molecule has 0 amide bonds. The average molecular weight is 230 g/mol. The lowest BCUT2D eigenvalue weighted by Crippen LogP contribution is -2.41. The van der Waals surface area contributed by atoms with Gasteiger partial charge in [-0.25, -0.2) is 4.98 Å². The predicted octanol–water partition coefficient (Wildman–Crippen LogP) is 2.74. The normalized spacial score (nSPS) is 12.1. The van der Waals surface area contributed by atoms with E-state index >= 15 is 0 Å². The van der Waals surface area contributed by atoms with Crippen LogP contribution < -0.4 is 5.32 Å². The SMILES string of the molecule is CCC(C)(CC)NCc1ncc(Cl)n1C. The van der Waals surface area contributed by atoms with Gasteiger partial charge in [-0.1, -0.05) is 25.4 Å². The van der Waals surface area contributed by atoms with Gasteiger partial charge in [0.15, 0.2) is 0 Å². The Hall–Kier alpha value is -0.540. The van der Waals surface area contributed by atoms with Crippen LogP contribution in [0.25, 0.3) is 0 Å². The van der Waals surface area contributed by atoms with Gasteiger partial charge in [-0.2, -0.15) is 0 Å². The number of hydrogen-bond acceptors (Lipinski definition) is 2. The number of hydrogen-bond donors (Lipinski definition) is 1. The third-order valence-electron chi connectivity index (χ3n) is 3.26. The van der Waals surface area contributed by atoms with Crippen LogP contribution in [0.3, 0.4) is 0 Å². The number of imidazole rings is 1. The van der Waals surface area contributed by atoms with Crippen LogP contribution >= 0.6 is 11.6 Å². The molecule has 15 heavy (non-hydrogen) atoms. The maximum Gasteiger partial charge on any atom is 0.128 e. The zero-order valence-corrected chi connectivity index (χ0v) is 10.7. The second-order valence-corrected chi connectivity index (χ2v) is 4.56. The first-order valence-corrected chi connectivity index (χ1v) is 5.81. The van der Waals surface area contributed by atoms with Crippen molar-refractivity contribution in [3.63, 3.8) is 0 Å². The van der Waals surface area contributed by atoms with Gasteiger partial charge < -0.3 is 9.88 Å². The highest BCUT2D eigenvalue weighted by Gasteiger charge is 2.19. The van der Waals surface area contributed by atoms with Crippen molar-refractivity contribution in [3.05, 3.63) is 17.2 Å². The van der Waals surface area contributed by atoms with Crippen molar-refractivity contribution in [1.29, 1.82) is 0 Å². The zero-order valence-electron chi connectivity index (χ0n) is 9.97. The molecule has 0 aliphatic rings. The van der Waals surface area contributed by atoms with E-state index in [0.717, 1.165) is 25.2 Å². The fraction of sp³-hybridized carbons (Fsp3) is 0.727. The molecule has 0 spiro atoms. The highest BCUT2D eigenvalue weighted by atomic mass is 35.5. The quantitative estimate of drug-likeness (QED) is 0.842. The van der Waals surface area contributed by atoms with E-state index in [9.17, 15) is 0 Å². The Balaban J connectivity index is 2.60. The van der Waals surface area contributed by atoms with Gasteiger partial charge in [-0.05, 0) is 19.8 Å². The molecule has 86 valence electrons. The summed E-state index contributed by atoms with van der Waals surface area (Å²) < 4.78 is 1.90. The van der Waals surface area contributed by atoms with Crippen molar-refractivity contribution in [2.75, 3.05) is 0 Å².